The van der Waals surface area contributed by atoms with Gasteiger partial charge in [0.25, 0.3) is 0 Å². The first-order chi connectivity index (χ1) is 10.3. The van der Waals surface area contributed by atoms with Crippen LogP contribution in [0.3, 0.4) is 0 Å². The number of ether oxygens (including phenoxy) is 2. The normalized spacial score (nSPS) is 11.3. The fraction of sp³-hybridized carbons (Fsp3) is 0.235. The minimum absolute atomic E-state index is 0.471. The number of anilines is 1. The number of hydrogen-bond donors (Lipinski definition) is 1. The summed E-state index contributed by atoms with van der Waals surface area (Å²) in [5.74, 6) is 1.47. The van der Waals surface area contributed by atoms with Crippen LogP contribution in [-0.4, -0.2) is 13.7 Å². The molecule has 0 saturated carbocycles. The topological polar surface area (TPSA) is 54.3 Å². The summed E-state index contributed by atoms with van der Waals surface area (Å²) in [4.78, 5) is 0. The number of hydrogen-bond acceptors (Lipinski definition) is 4. The first kappa shape index (κ1) is 14.7. The van der Waals surface area contributed by atoms with Crippen molar-refractivity contribution in [3.05, 3.63) is 54.1 Å². The van der Waals surface area contributed by atoms with E-state index in [9.17, 15) is 5.26 Å². The predicted molar refractivity (Wildman–Crippen MR) is 82.6 cm³/mol. The Labute approximate surface area is 124 Å². The summed E-state index contributed by atoms with van der Waals surface area (Å²) in [6, 6.07) is 16.9. The van der Waals surface area contributed by atoms with Crippen molar-refractivity contribution in [3.8, 4) is 17.6 Å². The first-order valence-electron chi connectivity index (χ1n) is 6.80. The molecule has 2 rings (SSSR count). The van der Waals surface area contributed by atoms with Crippen molar-refractivity contribution in [2.75, 3.05) is 19.0 Å². The van der Waals surface area contributed by atoms with Gasteiger partial charge in [0, 0.05) is 0 Å². The Morgan fingerprint density at radius 1 is 1.19 bits per heavy atom. The average Bonchev–Trinajstić information content (AvgIpc) is 2.53. The molecule has 2 aromatic rings. The third-order valence-electron chi connectivity index (χ3n) is 3.04. The van der Waals surface area contributed by atoms with Crippen molar-refractivity contribution in [2.24, 2.45) is 0 Å². The van der Waals surface area contributed by atoms with Gasteiger partial charge in [-0.25, -0.2) is 0 Å². The van der Waals surface area contributed by atoms with E-state index in [1.54, 1.807) is 7.11 Å². The summed E-state index contributed by atoms with van der Waals surface area (Å²) in [6.07, 6.45) is 0. The number of nitrogens with zero attached hydrogens (tertiary/aromatic N) is 1. The summed E-state index contributed by atoms with van der Waals surface area (Å²) < 4.78 is 10.8. The molecule has 1 N–H and O–H groups in total. The SMILES string of the molecule is CCOc1cccc(C(C#N)Nc2ccccc2OC)c1. The molecule has 0 aliphatic heterocycles. The van der Waals surface area contributed by atoms with Gasteiger partial charge >= 0.3 is 0 Å². The van der Waals surface area contributed by atoms with Gasteiger partial charge in [0.05, 0.1) is 25.5 Å². The maximum atomic E-state index is 9.43. The Balaban J connectivity index is 2.24. The molecule has 0 aromatic heterocycles. The lowest BCUT2D eigenvalue weighted by Gasteiger charge is -2.16. The van der Waals surface area contributed by atoms with Crippen molar-refractivity contribution in [2.45, 2.75) is 13.0 Å². The van der Waals surface area contributed by atoms with Gasteiger partial charge in [-0.1, -0.05) is 24.3 Å². The van der Waals surface area contributed by atoms with Gasteiger partial charge in [-0.15, -0.1) is 0 Å². The molecule has 0 heterocycles. The molecular formula is C17H18N2O2. The molecule has 0 aliphatic carbocycles. The van der Waals surface area contributed by atoms with Crippen LogP contribution in [0.4, 0.5) is 5.69 Å². The van der Waals surface area contributed by atoms with E-state index in [0.717, 1.165) is 17.0 Å². The quantitative estimate of drug-likeness (QED) is 0.876. The zero-order chi connectivity index (χ0) is 15.1. The van der Waals surface area contributed by atoms with Gasteiger partial charge in [0.2, 0.25) is 0 Å². The Morgan fingerprint density at radius 3 is 2.71 bits per heavy atom. The van der Waals surface area contributed by atoms with E-state index in [1.807, 2.05) is 55.5 Å². The summed E-state index contributed by atoms with van der Waals surface area (Å²) in [5, 5.41) is 12.6. The van der Waals surface area contributed by atoms with Crippen LogP contribution >= 0.6 is 0 Å². The van der Waals surface area contributed by atoms with Crippen LogP contribution in [0.1, 0.15) is 18.5 Å². The summed E-state index contributed by atoms with van der Waals surface area (Å²) >= 11 is 0. The van der Waals surface area contributed by atoms with E-state index in [0.29, 0.717) is 12.4 Å². The number of rotatable bonds is 6. The Kier molecular flexibility index (Phi) is 5.05. The number of benzene rings is 2. The second-order valence-corrected chi connectivity index (χ2v) is 4.41. The lowest BCUT2D eigenvalue weighted by molar-refractivity contribution is 0.340. The van der Waals surface area contributed by atoms with Gasteiger partial charge in [-0.2, -0.15) is 5.26 Å². The van der Waals surface area contributed by atoms with Crippen LogP contribution < -0.4 is 14.8 Å². The molecule has 0 saturated heterocycles. The molecule has 1 atom stereocenters. The number of nitrogens with one attached hydrogen (secondary N) is 1. The smallest absolute Gasteiger partial charge is 0.141 e. The van der Waals surface area contributed by atoms with Crippen molar-refractivity contribution in [1.82, 2.24) is 0 Å². The number of para-hydroxylation sites is 2. The van der Waals surface area contributed by atoms with Crippen molar-refractivity contribution in [3.63, 3.8) is 0 Å². The third-order valence-corrected chi connectivity index (χ3v) is 3.04. The van der Waals surface area contributed by atoms with Gasteiger partial charge in [-0.3, -0.25) is 0 Å². The highest BCUT2D eigenvalue weighted by Crippen LogP contribution is 2.28. The number of nitriles is 1. The van der Waals surface area contributed by atoms with Crippen LogP contribution in [0.5, 0.6) is 11.5 Å². The zero-order valence-corrected chi connectivity index (χ0v) is 12.2. The van der Waals surface area contributed by atoms with Crippen LogP contribution in [-0.2, 0) is 0 Å². The standard InChI is InChI=1S/C17H18N2O2/c1-3-21-14-8-6-7-13(11-14)16(12-18)19-15-9-4-5-10-17(15)20-2/h4-11,16,19H,3H2,1-2H3. The van der Waals surface area contributed by atoms with Crippen molar-refractivity contribution < 1.29 is 9.47 Å². The summed E-state index contributed by atoms with van der Waals surface area (Å²) in [6.45, 7) is 2.53. The highest BCUT2D eigenvalue weighted by atomic mass is 16.5. The minimum atomic E-state index is -0.471. The molecule has 0 aliphatic rings. The monoisotopic (exact) mass is 282 g/mol. The molecule has 4 heteroatoms. The van der Waals surface area contributed by atoms with E-state index in [-0.39, 0.29) is 0 Å². The third kappa shape index (κ3) is 3.67. The molecule has 0 radical (unpaired) electrons. The van der Waals surface area contributed by atoms with Gasteiger partial charge in [0.1, 0.15) is 17.5 Å². The van der Waals surface area contributed by atoms with Gasteiger partial charge < -0.3 is 14.8 Å². The van der Waals surface area contributed by atoms with Gasteiger partial charge in [0.15, 0.2) is 0 Å². The highest BCUT2D eigenvalue weighted by molar-refractivity contribution is 5.58. The molecule has 21 heavy (non-hydrogen) atoms. The van der Waals surface area contributed by atoms with Crippen molar-refractivity contribution in [1.29, 1.82) is 5.26 Å². The molecule has 0 bridgehead atoms. The molecule has 0 spiro atoms. The van der Waals surface area contributed by atoms with E-state index < -0.39 is 6.04 Å². The van der Waals surface area contributed by atoms with E-state index in [4.69, 9.17) is 9.47 Å². The van der Waals surface area contributed by atoms with E-state index >= 15 is 0 Å². The van der Waals surface area contributed by atoms with Crippen molar-refractivity contribution >= 4 is 5.69 Å². The van der Waals surface area contributed by atoms with E-state index in [2.05, 4.69) is 11.4 Å². The highest BCUT2D eigenvalue weighted by Gasteiger charge is 2.13. The molecule has 4 nitrogen and oxygen atoms in total. The summed E-state index contributed by atoms with van der Waals surface area (Å²) in [5.41, 5.74) is 1.64. The van der Waals surface area contributed by atoms with Crippen LogP contribution in [0.2, 0.25) is 0 Å². The van der Waals surface area contributed by atoms with E-state index in [1.165, 1.54) is 0 Å². The molecule has 0 fully saturated rings. The zero-order valence-electron chi connectivity index (χ0n) is 12.2. The average molecular weight is 282 g/mol. The Bertz CT molecular complexity index is 635. The minimum Gasteiger partial charge on any atom is -0.495 e. The fourth-order valence-corrected chi connectivity index (χ4v) is 2.06. The lowest BCUT2D eigenvalue weighted by atomic mass is 10.1. The molecule has 2 aromatic carbocycles. The molecule has 108 valence electrons. The van der Waals surface area contributed by atoms with Crippen LogP contribution in [0.25, 0.3) is 0 Å². The number of methoxy groups -OCH3 is 1. The predicted octanol–water partition coefficient (Wildman–Crippen LogP) is 3.77. The molecular weight excluding hydrogens is 264 g/mol. The second kappa shape index (κ2) is 7.20. The first-order valence-corrected chi connectivity index (χ1v) is 6.80. The molecule has 0 amide bonds. The van der Waals surface area contributed by atoms with Gasteiger partial charge in [-0.05, 0) is 36.8 Å². The molecule has 1 unspecified atom stereocenters. The second-order valence-electron chi connectivity index (χ2n) is 4.41. The largest absolute Gasteiger partial charge is 0.495 e. The Hall–Kier alpha value is -2.67. The van der Waals surface area contributed by atoms with Crippen LogP contribution in [0.15, 0.2) is 48.5 Å². The summed E-state index contributed by atoms with van der Waals surface area (Å²) in [7, 11) is 1.61. The maximum absolute atomic E-state index is 9.43. The maximum Gasteiger partial charge on any atom is 0.141 e. The lowest BCUT2D eigenvalue weighted by Crippen LogP contribution is -2.09. The fourth-order valence-electron chi connectivity index (χ4n) is 2.06. The van der Waals surface area contributed by atoms with Crippen LogP contribution in [0, 0.1) is 11.3 Å². The Morgan fingerprint density at radius 2 is 2.00 bits per heavy atom.